The minimum atomic E-state index is 0.00991. The number of nitrogens with zero attached hydrogens (tertiary/aromatic N) is 1. The Morgan fingerprint density at radius 1 is 1.05 bits per heavy atom. The second-order valence-corrected chi connectivity index (χ2v) is 5.66. The van der Waals surface area contributed by atoms with E-state index in [4.69, 9.17) is 5.73 Å². The number of nitrogens with two attached hydrogens (primary N) is 1. The fraction of sp³-hybridized carbons (Fsp3) is 0.211. The normalized spacial score (nSPS) is 12.5. The Labute approximate surface area is 125 Å². The van der Waals surface area contributed by atoms with Gasteiger partial charge in [-0.15, -0.1) is 0 Å². The first kappa shape index (κ1) is 13.8. The van der Waals surface area contributed by atoms with Crippen LogP contribution in [0.3, 0.4) is 0 Å². The van der Waals surface area contributed by atoms with Gasteiger partial charge in [0.05, 0.1) is 5.52 Å². The third kappa shape index (κ3) is 2.81. The maximum absolute atomic E-state index is 6.47. The van der Waals surface area contributed by atoms with Crippen molar-refractivity contribution in [2.24, 2.45) is 5.73 Å². The van der Waals surface area contributed by atoms with E-state index in [1.807, 2.05) is 18.3 Å². The van der Waals surface area contributed by atoms with Crippen LogP contribution in [0.25, 0.3) is 10.9 Å². The summed E-state index contributed by atoms with van der Waals surface area (Å²) in [6.45, 7) is 4.23. The molecule has 1 atom stereocenters. The van der Waals surface area contributed by atoms with Gasteiger partial charge in [0.2, 0.25) is 0 Å². The molecule has 0 saturated carbocycles. The maximum Gasteiger partial charge on any atom is 0.0704 e. The van der Waals surface area contributed by atoms with Gasteiger partial charge in [-0.1, -0.05) is 42.0 Å². The van der Waals surface area contributed by atoms with E-state index >= 15 is 0 Å². The summed E-state index contributed by atoms with van der Waals surface area (Å²) >= 11 is 0. The fourth-order valence-corrected chi connectivity index (χ4v) is 2.84. The minimum Gasteiger partial charge on any atom is -0.324 e. The highest BCUT2D eigenvalue weighted by Crippen LogP contribution is 2.24. The van der Waals surface area contributed by atoms with Gasteiger partial charge in [0.1, 0.15) is 0 Å². The molecule has 0 spiro atoms. The molecule has 2 aromatic carbocycles. The Balaban J connectivity index is 1.96. The van der Waals surface area contributed by atoms with Crippen molar-refractivity contribution in [3.05, 3.63) is 77.0 Å². The van der Waals surface area contributed by atoms with Gasteiger partial charge >= 0.3 is 0 Å². The van der Waals surface area contributed by atoms with E-state index in [-0.39, 0.29) is 6.04 Å². The number of aromatic nitrogens is 1. The maximum atomic E-state index is 6.47. The molecule has 0 saturated heterocycles. The monoisotopic (exact) mass is 276 g/mol. The number of rotatable bonds is 3. The average Bonchev–Trinajstić information content (AvgIpc) is 2.50. The van der Waals surface area contributed by atoms with Crippen molar-refractivity contribution in [3.8, 4) is 0 Å². The average molecular weight is 276 g/mol. The van der Waals surface area contributed by atoms with Crippen LogP contribution < -0.4 is 5.73 Å². The SMILES string of the molecule is Cc1ccc(C)c(C(N)Cc2ccnc3ccccc23)c1. The number of para-hydroxylation sites is 1. The Bertz CT molecular complexity index is 772. The lowest BCUT2D eigenvalue weighted by Gasteiger charge is -2.16. The van der Waals surface area contributed by atoms with Crippen molar-refractivity contribution in [1.82, 2.24) is 4.98 Å². The minimum absolute atomic E-state index is 0.00991. The molecule has 1 aromatic heterocycles. The molecule has 3 rings (SSSR count). The number of pyridine rings is 1. The first-order valence-electron chi connectivity index (χ1n) is 7.30. The summed E-state index contributed by atoms with van der Waals surface area (Å²) in [6.07, 6.45) is 2.70. The largest absolute Gasteiger partial charge is 0.324 e. The Hall–Kier alpha value is -2.19. The molecule has 21 heavy (non-hydrogen) atoms. The molecule has 106 valence electrons. The Morgan fingerprint density at radius 2 is 1.86 bits per heavy atom. The lowest BCUT2D eigenvalue weighted by atomic mass is 9.93. The third-order valence-electron chi connectivity index (χ3n) is 4.01. The predicted molar refractivity (Wildman–Crippen MR) is 88.3 cm³/mol. The van der Waals surface area contributed by atoms with E-state index in [9.17, 15) is 0 Å². The zero-order valence-electron chi connectivity index (χ0n) is 12.5. The summed E-state index contributed by atoms with van der Waals surface area (Å²) in [4.78, 5) is 4.41. The quantitative estimate of drug-likeness (QED) is 0.782. The smallest absolute Gasteiger partial charge is 0.0704 e. The molecule has 1 unspecified atom stereocenters. The highest BCUT2D eigenvalue weighted by molar-refractivity contribution is 5.81. The van der Waals surface area contributed by atoms with Gasteiger partial charge in [-0.25, -0.2) is 0 Å². The Kier molecular flexibility index (Phi) is 3.72. The molecule has 0 bridgehead atoms. The summed E-state index contributed by atoms with van der Waals surface area (Å²) in [7, 11) is 0. The summed E-state index contributed by atoms with van der Waals surface area (Å²) in [6, 6.07) is 16.8. The number of aryl methyl sites for hydroxylation is 2. The van der Waals surface area contributed by atoms with E-state index in [1.54, 1.807) is 0 Å². The lowest BCUT2D eigenvalue weighted by Crippen LogP contribution is -2.15. The number of hydrogen-bond donors (Lipinski definition) is 1. The van der Waals surface area contributed by atoms with Crippen LogP contribution in [0.15, 0.2) is 54.7 Å². The molecule has 0 radical (unpaired) electrons. The van der Waals surface area contributed by atoms with E-state index in [2.05, 4.69) is 55.2 Å². The van der Waals surface area contributed by atoms with Crippen LogP contribution in [-0.2, 0) is 6.42 Å². The molecule has 0 aliphatic rings. The van der Waals surface area contributed by atoms with Crippen molar-refractivity contribution in [2.45, 2.75) is 26.3 Å². The molecule has 0 aliphatic heterocycles. The van der Waals surface area contributed by atoms with E-state index in [0.29, 0.717) is 0 Å². The van der Waals surface area contributed by atoms with E-state index in [1.165, 1.54) is 27.6 Å². The van der Waals surface area contributed by atoms with E-state index in [0.717, 1.165) is 11.9 Å². The topological polar surface area (TPSA) is 38.9 Å². The van der Waals surface area contributed by atoms with Crippen LogP contribution in [0.4, 0.5) is 0 Å². The molecule has 3 aromatic rings. The van der Waals surface area contributed by atoms with Gasteiger partial charge in [-0.05, 0) is 49.1 Å². The molecule has 2 heteroatoms. The van der Waals surface area contributed by atoms with Crippen LogP contribution in [0.5, 0.6) is 0 Å². The fourth-order valence-electron chi connectivity index (χ4n) is 2.84. The Morgan fingerprint density at radius 3 is 2.71 bits per heavy atom. The molecular formula is C19H20N2. The van der Waals surface area contributed by atoms with Gasteiger partial charge in [-0.3, -0.25) is 4.98 Å². The standard InChI is InChI=1S/C19H20N2/c1-13-7-8-14(2)17(11-13)18(20)12-15-9-10-21-19-6-4-3-5-16(15)19/h3-11,18H,12,20H2,1-2H3. The van der Waals surface area contributed by atoms with E-state index < -0.39 is 0 Å². The predicted octanol–water partition coefficient (Wildman–Crippen LogP) is 4.09. The van der Waals surface area contributed by atoms with Crippen molar-refractivity contribution in [2.75, 3.05) is 0 Å². The first-order valence-corrected chi connectivity index (χ1v) is 7.30. The highest BCUT2D eigenvalue weighted by atomic mass is 14.7. The summed E-state index contributed by atoms with van der Waals surface area (Å²) in [5.41, 5.74) is 12.5. The number of fused-ring (bicyclic) bond motifs is 1. The zero-order chi connectivity index (χ0) is 14.8. The zero-order valence-corrected chi connectivity index (χ0v) is 12.5. The summed E-state index contributed by atoms with van der Waals surface area (Å²) < 4.78 is 0. The van der Waals surface area contributed by atoms with Crippen LogP contribution in [0.1, 0.15) is 28.3 Å². The molecule has 0 fully saturated rings. The van der Waals surface area contributed by atoms with Crippen molar-refractivity contribution < 1.29 is 0 Å². The van der Waals surface area contributed by atoms with Crippen molar-refractivity contribution in [3.63, 3.8) is 0 Å². The van der Waals surface area contributed by atoms with Crippen LogP contribution in [0.2, 0.25) is 0 Å². The second-order valence-electron chi connectivity index (χ2n) is 5.66. The van der Waals surface area contributed by atoms with Crippen molar-refractivity contribution in [1.29, 1.82) is 0 Å². The van der Waals surface area contributed by atoms with Gasteiger partial charge in [0.15, 0.2) is 0 Å². The molecular weight excluding hydrogens is 256 g/mol. The summed E-state index contributed by atoms with van der Waals surface area (Å²) in [5, 5.41) is 1.20. The van der Waals surface area contributed by atoms with Gasteiger partial charge in [-0.2, -0.15) is 0 Å². The third-order valence-corrected chi connectivity index (χ3v) is 4.01. The highest BCUT2D eigenvalue weighted by Gasteiger charge is 2.12. The van der Waals surface area contributed by atoms with Crippen LogP contribution >= 0.6 is 0 Å². The molecule has 0 amide bonds. The van der Waals surface area contributed by atoms with Gasteiger partial charge < -0.3 is 5.73 Å². The van der Waals surface area contributed by atoms with Crippen LogP contribution in [0, 0.1) is 13.8 Å². The molecule has 0 aliphatic carbocycles. The number of benzene rings is 2. The summed E-state index contributed by atoms with van der Waals surface area (Å²) in [5.74, 6) is 0. The van der Waals surface area contributed by atoms with Gasteiger partial charge in [0, 0.05) is 17.6 Å². The number of hydrogen-bond acceptors (Lipinski definition) is 2. The van der Waals surface area contributed by atoms with Crippen molar-refractivity contribution >= 4 is 10.9 Å². The molecule has 1 heterocycles. The second kappa shape index (κ2) is 5.66. The molecule has 2 nitrogen and oxygen atoms in total. The first-order chi connectivity index (χ1) is 10.1. The van der Waals surface area contributed by atoms with Gasteiger partial charge in [0.25, 0.3) is 0 Å². The lowest BCUT2D eigenvalue weighted by molar-refractivity contribution is 0.719. The molecule has 2 N–H and O–H groups in total. The van der Waals surface area contributed by atoms with Crippen LogP contribution in [-0.4, -0.2) is 4.98 Å².